The lowest BCUT2D eigenvalue weighted by molar-refractivity contribution is -0.305. The summed E-state index contributed by atoms with van der Waals surface area (Å²) < 4.78 is 10.7. The number of carbonyl (C=O) groups excluding carboxylic acids is 2. The Bertz CT molecular complexity index is 953. The highest BCUT2D eigenvalue weighted by Gasteiger charge is 2.33. The van der Waals surface area contributed by atoms with Crippen LogP contribution in [0.4, 0.5) is 0 Å². The minimum atomic E-state index is -1.16. The van der Waals surface area contributed by atoms with Crippen LogP contribution in [0.3, 0.4) is 0 Å². The number of amides is 1. The van der Waals surface area contributed by atoms with E-state index in [1.807, 2.05) is 43.3 Å². The molecule has 1 atom stereocenters. The second kappa shape index (κ2) is 9.43. The number of methoxy groups -OCH3 is 2. The lowest BCUT2D eigenvalue weighted by atomic mass is 9.97. The Kier molecular flexibility index (Phi) is 6.72. The SMILES string of the molecule is COc1ccc([C@@H]2CC(c3ccc(C)cc3)=NN2C(=O)CCCC(=O)[O-])cc1OC. The van der Waals surface area contributed by atoms with Crippen LogP contribution in [-0.2, 0) is 9.59 Å². The van der Waals surface area contributed by atoms with Crippen LogP contribution in [0.5, 0.6) is 11.5 Å². The Morgan fingerprint density at radius 2 is 1.77 bits per heavy atom. The maximum Gasteiger partial charge on any atom is 0.243 e. The van der Waals surface area contributed by atoms with Crippen molar-refractivity contribution in [1.29, 1.82) is 0 Å². The molecular weight excluding hydrogens is 384 g/mol. The monoisotopic (exact) mass is 409 g/mol. The molecule has 1 aliphatic rings. The molecule has 2 aromatic carbocycles. The number of hydrogen-bond acceptors (Lipinski definition) is 6. The Morgan fingerprint density at radius 1 is 1.07 bits per heavy atom. The van der Waals surface area contributed by atoms with E-state index >= 15 is 0 Å². The van der Waals surface area contributed by atoms with Gasteiger partial charge in [-0.2, -0.15) is 5.10 Å². The molecule has 1 aliphatic heterocycles. The average molecular weight is 409 g/mol. The number of ether oxygens (including phenoxy) is 2. The summed E-state index contributed by atoms with van der Waals surface area (Å²) >= 11 is 0. The van der Waals surface area contributed by atoms with Gasteiger partial charge < -0.3 is 19.4 Å². The Labute approximate surface area is 175 Å². The van der Waals surface area contributed by atoms with E-state index in [1.165, 1.54) is 5.01 Å². The third kappa shape index (κ3) is 4.79. The van der Waals surface area contributed by atoms with Gasteiger partial charge in [0.15, 0.2) is 11.5 Å². The minimum Gasteiger partial charge on any atom is -0.550 e. The predicted octanol–water partition coefficient (Wildman–Crippen LogP) is 2.61. The third-order valence-corrected chi connectivity index (χ3v) is 5.11. The fourth-order valence-corrected chi connectivity index (χ4v) is 3.48. The summed E-state index contributed by atoms with van der Waals surface area (Å²) in [6.07, 6.45) is 0.689. The summed E-state index contributed by atoms with van der Waals surface area (Å²) in [7, 11) is 3.13. The molecule has 1 amide bonds. The van der Waals surface area contributed by atoms with Crippen molar-refractivity contribution < 1.29 is 24.2 Å². The van der Waals surface area contributed by atoms with Gasteiger partial charge in [-0.25, -0.2) is 5.01 Å². The quantitative estimate of drug-likeness (QED) is 0.668. The molecule has 0 aromatic heterocycles. The molecule has 158 valence electrons. The molecule has 0 saturated heterocycles. The van der Waals surface area contributed by atoms with Crippen LogP contribution >= 0.6 is 0 Å². The molecule has 1 heterocycles. The van der Waals surface area contributed by atoms with Crippen molar-refractivity contribution in [1.82, 2.24) is 5.01 Å². The molecule has 0 N–H and O–H groups in total. The van der Waals surface area contributed by atoms with E-state index in [2.05, 4.69) is 5.10 Å². The van der Waals surface area contributed by atoms with E-state index in [-0.39, 0.29) is 31.2 Å². The molecule has 0 fully saturated rings. The maximum absolute atomic E-state index is 12.9. The first-order valence-corrected chi connectivity index (χ1v) is 9.81. The van der Waals surface area contributed by atoms with E-state index in [9.17, 15) is 14.7 Å². The second-order valence-corrected chi connectivity index (χ2v) is 7.21. The summed E-state index contributed by atoms with van der Waals surface area (Å²) in [5.41, 5.74) is 3.77. The first-order chi connectivity index (χ1) is 14.4. The molecule has 30 heavy (non-hydrogen) atoms. The number of rotatable bonds is 8. The van der Waals surface area contributed by atoms with Gasteiger partial charge >= 0.3 is 0 Å². The van der Waals surface area contributed by atoms with Crippen LogP contribution < -0.4 is 14.6 Å². The minimum absolute atomic E-state index is 0.0858. The summed E-state index contributed by atoms with van der Waals surface area (Å²) in [5.74, 6) is -0.212. The van der Waals surface area contributed by atoms with Crippen molar-refractivity contribution in [2.75, 3.05) is 14.2 Å². The van der Waals surface area contributed by atoms with E-state index in [1.54, 1.807) is 20.3 Å². The van der Waals surface area contributed by atoms with Crippen molar-refractivity contribution in [3.8, 4) is 11.5 Å². The molecule has 7 nitrogen and oxygen atoms in total. The van der Waals surface area contributed by atoms with E-state index in [4.69, 9.17) is 9.47 Å². The van der Waals surface area contributed by atoms with Gasteiger partial charge in [0, 0.05) is 18.8 Å². The molecule has 0 radical (unpaired) electrons. The van der Waals surface area contributed by atoms with E-state index < -0.39 is 5.97 Å². The van der Waals surface area contributed by atoms with Crippen molar-refractivity contribution in [3.05, 3.63) is 59.2 Å². The lowest BCUT2D eigenvalue weighted by Crippen LogP contribution is -2.28. The van der Waals surface area contributed by atoms with Gasteiger partial charge in [0.2, 0.25) is 5.91 Å². The van der Waals surface area contributed by atoms with Crippen molar-refractivity contribution >= 4 is 17.6 Å². The number of carboxylic acid groups (broad SMARTS) is 1. The van der Waals surface area contributed by atoms with Crippen molar-refractivity contribution in [2.45, 2.75) is 38.6 Å². The summed E-state index contributed by atoms with van der Waals surface area (Å²) in [5, 5.41) is 16.8. The topological polar surface area (TPSA) is 91.3 Å². The number of hydrazone groups is 1. The molecule has 7 heteroatoms. The van der Waals surface area contributed by atoms with Crippen LogP contribution in [0.25, 0.3) is 0 Å². The highest BCUT2D eigenvalue weighted by molar-refractivity contribution is 6.03. The first kappa shape index (κ1) is 21.4. The Balaban J connectivity index is 1.90. The third-order valence-electron chi connectivity index (χ3n) is 5.11. The molecule has 0 bridgehead atoms. The van der Waals surface area contributed by atoms with Gasteiger partial charge in [-0.1, -0.05) is 35.9 Å². The molecule has 0 spiro atoms. The van der Waals surface area contributed by atoms with Gasteiger partial charge in [0.1, 0.15) is 0 Å². The number of aryl methyl sites for hydroxylation is 1. The standard InChI is InChI=1S/C23H26N2O5/c1-15-7-9-16(10-8-15)18-14-19(17-11-12-20(29-2)21(13-17)30-3)25(24-18)22(26)5-4-6-23(27)28/h7-13,19H,4-6,14H2,1-3H3,(H,27,28)/p-1/t19-/m0/s1. The molecule has 0 saturated carbocycles. The smallest absolute Gasteiger partial charge is 0.243 e. The Morgan fingerprint density at radius 3 is 2.40 bits per heavy atom. The first-order valence-electron chi connectivity index (χ1n) is 9.81. The van der Waals surface area contributed by atoms with Crippen LogP contribution in [0.2, 0.25) is 0 Å². The van der Waals surface area contributed by atoms with Crippen molar-refractivity contribution in [3.63, 3.8) is 0 Å². The van der Waals surface area contributed by atoms with Gasteiger partial charge in [-0.15, -0.1) is 0 Å². The van der Waals surface area contributed by atoms with Gasteiger partial charge in [0.05, 0.1) is 26.0 Å². The number of nitrogens with zero attached hydrogens (tertiary/aromatic N) is 2. The highest BCUT2D eigenvalue weighted by Crippen LogP contribution is 2.37. The van der Waals surface area contributed by atoms with Crippen LogP contribution in [0, 0.1) is 6.92 Å². The summed E-state index contributed by atoms with van der Waals surface area (Å²) in [6, 6.07) is 13.2. The molecular formula is C23H25N2O5-. The van der Waals surface area contributed by atoms with Crippen LogP contribution in [0.15, 0.2) is 47.6 Å². The predicted molar refractivity (Wildman–Crippen MR) is 110 cm³/mol. The van der Waals surface area contributed by atoms with E-state index in [0.717, 1.165) is 22.4 Å². The summed E-state index contributed by atoms with van der Waals surface area (Å²) in [4.78, 5) is 23.6. The van der Waals surface area contributed by atoms with Gasteiger partial charge in [0.25, 0.3) is 0 Å². The lowest BCUT2D eigenvalue weighted by Gasteiger charge is -2.23. The highest BCUT2D eigenvalue weighted by atomic mass is 16.5. The number of carboxylic acids is 1. The number of aliphatic carboxylic acids is 1. The second-order valence-electron chi connectivity index (χ2n) is 7.21. The van der Waals surface area contributed by atoms with Crippen LogP contribution in [-0.4, -0.2) is 36.8 Å². The fourth-order valence-electron chi connectivity index (χ4n) is 3.48. The van der Waals surface area contributed by atoms with Gasteiger partial charge in [-0.05, 0) is 43.0 Å². The van der Waals surface area contributed by atoms with Gasteiger partial charge in [-0.3, -0.25) is 4.79 Å². The van der Waals surface area contributed by atoms with E-state index in [0.29, 0.717) is 17.9 Å². The zero-order valence-corrected chi connectivity index (χ0v) is 17.4. The van der Waals surface area contributed by atoms with Crippen LogP contribution in [0.1, 0.15) is 48.4 Å². The zero-order chi connectivity index (χ0) is 21.7. The molecule has 0 aliphatic carbocycles. The number of carbonyl (C=O) groups is 2. The number of benzene rings is 2. The Hall–Kier alpha value is -3.35. The fraction of sp³-hybridized carbons (Fsp3) is 0.348. The van der Waals surface area contributed by atoms with Crippen molar-refractivity contribution in [2.24, 2.45) is 5.10 Å². The molecule has 3 rings (SSSR count). The normalized spacial score (nSPS) is 15.6. The zero-order valence-electron chi connectivity index (χ0n) is 17.4. The average Bonchev–Trinajstić information content (AvgIpc) is 3.19. The molecule has 2 aromatic rings. The maximum atomic E-state index is 12.9. The largest absolute Gasteiger partial charge is 0.550 e. The molecule has 0 unspecified atom stereocenters. The number of hydrogen-bond donors (Lipinski definition) is 0. The summed E-state index contributed by atoms with van der Waals surface area (Å²) in [6.45, 7) is 2.01.